The smallest absolute Gasteiger partial charge is 0.255 e. The summed E-state index contributed by atoms with van der Waals surface area (Å²) >= 11 is 6.05. The van der Waals surface area contributed by atoms with E-state index in [4.69, 9.17) is 16.3 Å². The molecule has 1 saturated heterocycles. The van der Waals surface area contributed by atoms with Gasteiger partial charge in [0.1, 0.15) is 23.2 Å². The summed E-state index contributed by atoms with van der Waals surface area (Å²) in [7, 11) is 0. The minimum atomic E-state index is -0.464. The van der Waals surface area contributed by atoms with Crippen molar-refractivity contribution in [3.63, 3.8) is 0 Å². The normalized spacial score (nSPS) is 13.9. The first kappa shape index (κ1) is 21.1. The van der Waals surface area contributed by atoms with Crippen LogP contribution in [-0.4, -0.2) is 47.0 Å². The zero-order valence-electron chi connectivity index (χ0n) is 17.3. The van der Waals surface area contributed by atoms with E-state index in [0.717, 1.165) is 17.4 Å². The van der Waals surface area contributed by atoms with Crippen LogP contribution in [0.1, 0.15) is 21.7 Å². The molecule has 1 fully saturated rings. The number of rotatable bonds is 4. The average Bonchev–Trinajstić information content (AvgIpc) is 2.75. The van der Waals surface area contributed by atoms with Gasteiger partial charge < -0.3 is 14.5 Å². The lowest BCUT2D eigenvalue weighted by atomic mass is 10.1. The second-order valence-electron chi connectivity index (χ2n) is 7.43. The Morgan fingerprint density at radius 3 is 2.39 bits per heavy atom. The summed E-state index contributed by atoms with van der Waals surface area (Å²) in [4.78, 5) is 25.5. The fraction of sp³-hybridized carbons (Fsp3) is 0.261. The predicted molar refractivity (Wildman–Crippen MR) is 118 cm³/mol. The van der Waals surface area contributed by atoms with Crippen LogP contribution in [0.2, 0.25) is 5.02 Å². The fourth-order valence-electron chi connectivity index (χ4n) is 3.44. The molecule has 4 rings (SSSR count). The van der Waals surface area contributed by atoms with E-state index in [-0.39, 0.29) is 10.9 Å². The van der Waals surface area contributed by atoms with Crippen molar-refractivity contribution in [2.75, 3.05) is 31.1 Å². The van der Waals surface area contributed by atoms with E-state index in [1.165, 1.54) is 12.1 Å². The van der Waals surface area contributed by atoms with Gasteiger partial charge in [-0.3, -0.25) is 4.79 Å². The van der Waals surface area contributed by atoms with E-state index >= 15 is 0 Å². The number of piperazine rings is 1. The molecular formula is C23H22ClFN4O2. The number of ether oxygens (including phenoxy) is 1. The molecule has 1 amide bonds. The predicted octanol–water partition coefficient (Wildman–Crippen LogP) is 4.64. The summed E-state index contributed by atoms with van der Waals surface area (Å²) in [6, 6.07) is 13.4. The number of hydrogen-bond donors (Lipinski definition) is 0. The molecule has 31 heavy (non-hydrogen) atoms. The Kier molecular flexibility index (Phi) is 6.04. The number of halogens is 2. The van der Waals surface area contributed by atoms with Gasteiger partial charge in [0.15, 0.2) is 0 Å². The van der Waals surface area contributed by atoms with Crippen LogP contribution in [-0.2, 0) is 0 Å². The molecule has 1 aliphatic heterocycles. The maximum Gasteiger partial charge on any atom is 0.255 e. The molecule has 0 bridgehead atoms. The third-order valence-electron chi connectivity index (χ3n) is 5.10. The molecular weight excluding hydrogens is 419 g/mol. The van der Waals surface area contributed by atoms with Crippen LogP contribution in [0.4, 0.5) is 10.2 Å². The number of aromatic nitrogens is 2. The summed E-state index contributed by atoms with van der Waals surface area (Å²) < 4.78 is 19.2. The molecule has 0 spiro atoms. The van der Waals surface area contributed by atoms with Crippen molar-refractivity contribution >= 4 is 23.3 Å². The van der Waals surface area contributed by atoms with Gasteiger partial charge in [0.05, 0.1) is 10.6 Å². The number of nitrogens with zero attached hydrogens (tertiary/aromatic N) is 4. The molecule has 0 atom stereocenters. The van der Waals surface area contributed by atoms with Crippen LogP contribution in [0.15, 0.2) is 48.5 Å². The number of carbonyl (C=O) groups is 1. The Morgan fingerprint density at radius 2 is 1.71 bits per heavy atom. The quantitative estimate of drug-likeness (QED) is 0.591. The summed E-state index contributed by atoms with van der Waals surface area (Å²) in [6.07, 6.45) is 0. The first-order valence-corrected chi connectivity index (χ1v) is 10.4. The number of hydrogen-bond acceptors (Lipinski definition) is 5. The monoisotopic (exact) mass is 440 g/mol. The van der Waals surface area contributed by atoms with Gasteiger partial charge >= 0.3 is 0 Å². The minimum Gasteiger partial charge on any atom is -0.439 e. The van der Waals surface area contributed by atoms with Crippen LogP contribution in [0.25, 0.3) is 0 Å². The lowest BCUT2D eigenvalue weighted by Gasteiger charge is -2.35. The molecule has 0 N–H and O–H groups in total. The second-order valence-corrected chi connectivity index (χ2v) is 7.84. The molecule has 1 aromatic heterocycles. The standard InChI is InChI=1S/C23H22ClFN4O2/c1-15-3-6-18(7-4-15)31-22-14-21(26-16(2)27-22)28-9-11-29(12-10-28)23(30)19-8-5-17(25)13-20(19)24/h3-8,13-14H,9-12H2,1-2H3. The van der Waals surface area contributed by atoms with Crippen molar-refractivity contribution < 1.29 is 13.9 Å². The Bertz CT molecular complexity index is 1100. The maximum atomic E-state index is 13.3. The Labute approximate surface area is 185 Å². The highest BCUT2D eigenvalue weighted by atomic mass is 35.5. The van der Waals surface area contributed by atoms with Crippen molar-refractivity contribution in [1.29, 1.82) is 0 Å². The maximum absolute atomic E-state index is 13.3. The summed E-state index contributed by atoms with van der Waals surface area (Å²) in [5, 5.41) is 0.122. The molecule has 160 valence electrons. The zero-order chi connectivity index (χ0) is 22.0. The van der Waals surface area contributed by atoms with Crippen molar-refractivity contribution in [1.82, 2.24) is 14.9 Å². The fourth-order valence-corrected chi connectivity index (χ4v) is 3.69. The molecule has 1 aliphatic rings. The number of aryl methyl sites for hydroxylation is 2. The van der Waals surface area contributed by atoms with Crippen LogP contribution in [0.5, 0.6) is 11.6 Å². The summed E-state index contributed by atoms with van der Waals surface area (Å²) in [5.74, 6) is 1.88. The van der Waals surface area contributed by atoms with Crippen molar-refractivity contribution in [2.45, 2.75) is 13.8 Å². The van der Waals surface area contributed by atoms with Gasteiger partial charge in [-0.25, -0.2) is 9.37 Å². The summed E-state index contributed by atoms with van der Waals surface area (Å²) in [5.41, 5.74) is 1.46. The van der Waals surface area contributed by atoms with Gasteiger partial charge in [-0.05, 0) is 44.2 Å². The van der Waals surface area contributed by atoms with Crippen LogP contribution in [0, 0.1) is 19.7 Å². The first-order valence-electron chi connectivity index (χ1n) is 9.98. The number of carbonyl (C=O) groups excluding carboxylic acids is 1. The zero-order valence-corrected chi connectivity index (χ0v) is 18.1. The molecule has 0 unspecified atom stereocenters. The van der Waals surface area contributed by atoms with Gasteiger partial charge in [-0.2, -0.15) is 4.98 Å². The average molecular weight is 441 g/mol. The molecule has 2 aromatic carbocycles. The number of amides is 1. The van der Waals surface area contributed by atoms with E-state index in [2.05, 4.69) is 14.9 Å². The van der Waals surface area contributed by atoms with E-state index in [9.17, 15) is 9.18 Å². The highest BCUT2D eigenvalue weighted by molar-refractivity contribution is 6.33. The van der Waals surface area contributed by atoms with Crippen LogP contribution < -0.4 is 9.64 Å². The second kappa shape index (κ2) is 8.89. The van der Waals surface area contributed by atoms with E-state index in [1.807, 2.05) is 38.1 Å². The summed E-state index contributed by atoms with van der Waals surface area (Å²) in [6.45, 7) is 6.05. The third-order valence-corrected chi connectivity index (χ3v) is 5.41. The number of benzene rings is 2. The third kappa shape index (κ3) is 4.94. The van der Waals surface area contributed by atoms with Crippen molar-refractivity contribution in [3.8, 4) is 11.6 Å². The largest absolute Gasteiger partial charge is 0.439 e. The Balaban J connectivity index is 1.44. The molecule has 0 aliphatic carbocycles. The minimum absolute atomic E-state index is 0.122. The van der Waals surface area contributed by atoms with Gasteiger partial charge in [0.2, 0.25) is 5.88 Å². The van der Waals surface area contributed by atoms with Crippen LogP contribution >= 0.6 is 11.6 Å². The molecule has 8 heteroatoms. The Morgan fingerprint density at radius 1 is 1.00 bits per heavy atom. The molecule has 3 aromatic rings. The molecule has 2 heterocycles. The molecule has 0 radical (unpaired) electrons. The topological polar surface area (TPSA) is 58.6 Å². The lowest BCUT2D eigenvalue weighted by Crippen LogP contribution is -2.49. The molecule has 6 nitrogen and oxygen atoms in total. The highest BCUT2D eigenvalue weighted by Crippen LogP contribution is 2.25. The van der Waals surface area contributed by atoms with Gasteiger partial charge in [-0.15, -0.1) is 0 Å². The van der Waals surface area contributed by atoms with Crippen molar-refractivity contribution in [2.24, 2.45) is 0 Å². The number of anilines is 1. The van der Waals surface area contributed by atoms with Crippen molar-refractivity contribution in [3.05, 3.63) is 76.3 Å². The van der Waals surface area contributed by atoms with Gasteiger partial charge in [0, 0.05) is 32.2 Å². The SMILES string of the molecule is Cc1ccc(Oc2cc(N3CCN(C(=O)c4ccc(F)cc4Cl)CC3)nc(C)n2)cc1. The molecule has 0 saturated carbocycles. The van der Waals surface area contributed by atoms with Gasteiger partial charge in [-0.1, -0.05) is 29.3 Å². The van der Waals surface area contributed by atoms with E-state index in [1.54, 1.807) is 11.0 Å². The highest BCUT2D eigenvalue weighted by Gasteiger charge is 2.25. The lowest BCUT2D eigenvalue weighted by molar-refractivity contribution is 0.0746. The Hall–Kier alpha value is -3.19. The first-order chi connectivity index (χ1) is 14.9. The van der Waals surface area contributed by atoms with Crippen LogP contribution in [0.3, 0.4) is 0 Å². The van der Waals surface area contributed by atoms with E-state index < -0.39 is 5.82 Å². The van der Waals surface area contributed by atoms with Gasteiger partial charge in [0.25, 0.3) is 5.91 Å². The van der Waals surface area contributed by atoms with E-state index in [0.29, 0.717) is 49.2 Å².